The summed E-state index contributed by atoms with van der Waals surface area (Å²) < 4.78 is 0. The van der Waals surface area contributed by atoms with Gasteiger partial charge in [0.05, 0.1) is 17.7 Å². The fourth-order valence-electron chi connectivity index (χ4n) is 1.92. The summed E-state index contributed by atoms with van der Waals surface area (Å²) in [5, 5.41) is 8.76. The smallest absolute Gasteiger partial charge is 0.255 e. The average Bonchev–Trinajstić information content (AvgIpc) is 2.48. The maximum atomic E-state index is 12.6. The van der Waals surface area contributed by atoms with E-state index in [9.17, 15) is 4.79 Å². The predicted molar refractivity (Wildman–Crippen MR) is 79.3 cm³/mol. The van der Waals surface area contributed by atoms with E-state index in [0.717, 1.165) is 6.42 Å². The fraction of sp³-hybridized carbons (Fsp3) is 0.500. The Kier molecular flexibility index (Phi) is 6.75. The summed E-state index contributed by atoms with van der Waals surface area (Å²) >= 11 is 0. The van der Waals surface area contributed by atoms with Crippen molar-refractivity contribution in [1.82, 2.24) is 9.88 Å². The van der Waals surface area contributed by atoms with Crippen LogP contribution < -0.4 is 0 Å². The number of amides is 1. The largest absolute Gasteiger partial charge is 0.395 e. The lowest BCUT2D eigenvalue weighted by atomic mass is 10.1. The third-order valence-electron chi connectivity index (χ3n) is 3.24. The van der Waals surface area contributed by atoms with Gasteiger partial charge in [0.25, 0.3) is 5.91 Å². The van der Waals surface area contributed by atoms with Gasteiger partial charge in [0, 0.05) is 31.4 Å². The van der Waals surface area contributed by atoms with E-state index in [1.54, 1.807) is 18.5 Å². The first kappa shape index (κ1) is 16.2. The quantitative estimate of drug-likeness (QED) is 0.836. The molecule has 1 aromatic rings. The number of pyridine rings is 1. The Hall–Kier alpha value is -1.86. The number of carbonyl (C=O) groups is 1. The molecule has 1 rings (SSSR count). The molecule has 0 saturated carbocycles. The van der Waals surface area contributed by atoms with Crippen LogP contribution in [0, 0.1) is 11.8 Å². The molecule has 4 nitrogen and oxygen atoms in total. The van der Waals surface area contributed by atoms with Gasteiger partial charge in [-0.05, 0) is 26.3 Å². The molecule has 0 aliphatic heterocycles. The maximum Gasteiger partial charge on any atom is 0.255 e. The Bertz CT molecular complexity index is 503. The molecule has 1 atom stereocenters. The normalized spacial score (nSPS) is 11.4. The highest BCUT2D eigenvalue weighted by atomic mass is 16.2. The first-order chi connectivity index (χ1) is 9.65. The van der Waals surface area contributed by atoms with E-state index >= 15 is 0 Å². The second kappa shape index (κ2) is 8.34. The summed E-state index contributed by atoms with van der Waals surface area (Å²) in [6, 6.07) is 1.90. The van der Waals surface area contributed by atoms with Crippen LogP contribution >= 0.6 is 0 Å². The highest BCUT2D eigenvalue weighted by Gasteiger charge is 2.20. The number of hydrogen-bond acceptors (Lipinski definition) is 3. The zero-order chi connectivity index (χ0) is 15.0. The van der Waals surface area contributed by atoms with Gasteiger partial charge in [-0.2, -0.15) is 0 Å². The molecule has 0 aliphatic rings. The Morgan fingerprint density at radius 2 is 2.25 bits per heavy atom. The van der Waals surface area contributed by atoms with Gasteiger partial charge in [-0.25, -0.2) is 0 Å². The Balaban J connectivity index is 3.07. The third kappa shape index (κ3) is 4.07. The summed E-state index contributed by atoms with van der Waals surface area (Å²) in [7, 11) is 0. The molecule has 1 unspecified atom stereocenters. The van der Waals surface area contributed by atoms with Crippen molar-refractivity contribution in [3.8, 4) is 11.8 Å². The van der Waals surface area contributed by atoms with E-state index in [2.05, 4.69) is 23.7 Å². The van der Waals surface area contributed by atoms with Crippen LogP contribution in [0.5, 0.6) is 0 Å². The Labute approximate surface area is 120 Å². The van der Waals surface area contributed by atoms with Gasteiger partial charge in [0.2, 0.25) is 0 Å². The number of aliphatic hydroxyl groups is 1. The highest BCUT2D eigenvalue weighted by molar-refractivity contribution is 5.96. The molecule has 4 heteroatoms. The minimum Gasteiger partial charge on any atom is -0.395 e. The number of aromatic nitrogens is 1. The van der Waals surface area contributed by atoms with Crippen LogP contribution in [-0.2, 0) is 0 Å². The molecule has 0 fully saturated rings. The topological polar surface area (TPSA) is 53.4 Å². The highest BCUT2D eigenvalue weighted by Crippen LogP contribution is 2.13. The van der Waals surface area contributed by atoms with E-state index in [1.807, 2.05) is 18.7 Å². The monoisotopic (exact) mass is 274 g/mol. The van der Waals surface area contributed by atoms with Crippen molar-refractivity contribution in [2.45, 2.75) is 39.7 Å². The zero-order valence-electron chi connectivity index (χ0n) is 12.4. The SMILES string of the molecule is CCC(C)N(CC)C(=O)c1ccncc1C#CCCO. The standard InChI is InChI=1S/C16H22N2O2/c1-4-13(3)18(5-2)16(20)15-9-10-17-12-14(15)8-6-7-11-19/h9-10,12-13,19H,4-5,7,11H2,1-3H3. The minimum atomic E-state index is -0.0162. The lowest BCUT2D eigenvalue weighted by Gasteiger charge is -2.27. The van der Waals surface area contributed by atoms with Crippen LogP contribution in [0.1, 0.15) is 49.5 Å². The van der Waals surface area contributed by atoms with Gasteiger partial charge in [-0.15, -0.1) is 0 Å². The molecule has 1 N–H and O–H groups in total. The molecule has 108 valence electrons. The molecule has 0 saturated heterocycles. The molecular weight excluding hydrogens is 252 g/mol. The van der Waals surface area contributed by atoms with Crippen molar-refractivity contribution in [3.05, 3.63) is 29.6 Å². The first-order valence-electron chi connectivity index (χ1n) is 7.00. The van der Waals surface area contributed by atoms with Gasteiger partial charge in [0.15, 0.2) is 0 Å². The van der Waals surface area contributed by atoms with Gasteiger partial charge < -0.3 is 10.0 Å². The van der Waals surface area contributed by atoms with Crippen LogP contribution in [0.3, 0.4) is 0 Å². The number of hydrogen-bond donors (Lipinski definition) is 1. The van der Waals surface area contributed by atoms with E-state index < -0.39 is 0 Å². The second-order valence-electron chi connectivity index (χ2n) is 4.55. The predicted octanol–water partition coefficient (Wildman–Crippen LogP) is 2.08. The first-order valence-corrected chi connectivity index (χ1v) is 7.00. The van der Waals surface area contributed by atoms with Gasteiger partial charge in [-0.3, -0.25) is 9.78 Å². The van der Waals surface area contributed by atoms with Crippen molar-refractivity contribution < 1.29 is 9.90 Å². The molecule has 0 spiro atoms. The molecule has 0 aliphatic carbocycles. The summed E-state index contributed by atoms with van der Waals surface area (Å²) in [6.45, 7) is 6.77. The van der Waals surface area contributed by atoms with Crippen molar-refractivity contribution in [2.24, 2.45) is 0 Å². The third-order valence-corrected chi connectivity index (χ3v) is 3.24. The summed E-state index contributed by atoms with van der Waals surface area (Å²) in [5.41, 5.74) is 1.19. The summed E-state index contributed by atoms with van der Waals surface area (Å²) in [6.07, 6.45) is 4.51. The molecule has 1 aromatic heterocycles. The number of nitrogens with zero attached hydrogens (tertiary/aromatic N) is 2. The number of aliphatic hydroxyl groups excluding tert-OH is 1. The molecule has 0 radical (unpaired) electrons. The molecule has 20 heavy (non-hydrogen) atoms. The van der Waals surface area contributed by atoms with Crippen molar-refractivity contribution in [2.75, 3.05) is 13.2 Å². The Morgan fingerprint density at radius 1 is 1.50 bits per heavy atom. The number of carbonyl (C=O) groups excluding carboxylic acids is 1. The second-order valence-corrected chi connectivity index (χ2v) is 4.55. The lowest BCUT2D eigenvalue weighted by Crippen LogP contribution is -2.38. The van der Waals surface area contributed by atoms with Crippen LogP contribution in [0.25, 0.3) is 0 Å². The zero-order valence-corrected chi connectivity index (χ0v) is 12.4. The van der Waals surface area contributed by atoms with Crippen molar-refractivity contribution in [1.29, 1.82) is 0 Å². The molecular formula is C16H22N2O2. The van der Waals surface area contributed by atoms with E-state index in [1.165, 1.54) is 0 Å². The van der Waals surface area contributed by atoms with Crippen molar-refractivity contribution >= 4 is 5.91 Å². The maximum absolute atomic E-state index is 12.6. The molecule has 1 heterocycles. The molecule has 0 aromatic carbocycles. The van der Waals surface area contributed by atoms with E-state index in [4.69, 9.17) is 5.11 Å². The average molecular weight is 274 g/mol. The number of rotatable bonds is 5. The summed E-state index contributed by atoms with van der Waals surface area (Å²) in [5.74, 6) is 5.73. The molecule has 0 bridgehead atoms. The van der Waals surface area contributed by atoms with Crippen LogP contribution in [0.2, 0.25) is 0 Å². The van der Waals surface area contributed by atoms with E-state index in [-0.39, 0.29) is 18.6 Å². The fourth-order valence-corrected chi connectivity index (χ4v) is 1.92. The Morgan fingerprint density at radius 3 is 2.85 bits per heavy atom. The van der Waals surface area contributed by atoms with E-state index in [0.29, 0.717) is 24.1 Å². The van der Waals surface area contributed by atoms with Gasteiger partial charge in [-0.1, -0.05) is 18.8 Å². The minimum absolute atomic E-state index is 0.0162. The van der Waals surface area contributed by atoms with Crippen LogP contribution in [-0.4, -0.2) is 40.1 Å². The van der Waals surface area contributed by atoms with Gasteiger partial charge in [0.1, 0.15) is 0 Å². The summed E-state index contributed by atoms with van der Waals surface area (Å²) in [4.78, 5) is 18.5. The van der Waals surface area contributed by atoms with Crippen LogP contribution in [0.4, 0.5) is 0 Å². The van der Waals surface area contributed by atoms with Crippen LogP contribution in [0.15, 0.2) is 18.5 Å². The molecule has 1 amide bonds. The van der Waals surface area contributed by atoms with Gasteiger partial charge >= 0.3 is 0 Å². The van der Waals surface area contributed by atoms with Crippen molar-refractivity contribution in [3.63, 3.8) is 0 Å². The lowest BCUT2D eigenvalue weighted by molar-refractivity contribution is 0.0699.